The number of hydrogen-bond donors (Lipinski definition) is 2. The Bertz CT molecular complexity index is 288. The summed E-state index contributed by atoms with van der Waals surface area (Å²) in [6, 6.07) is -0.0934. The third kappa shape index (κ3) is 2.02. The maximum atomic E-state index is 10.7. The first-order valence-corrected chi connectivity index (χ1v) is 4.38. The van der Waals surface area contributed by atoms with Crippen molar-refractivity contribution in [3.05, 3.63) is 24.8 Å². The molecule has 0 spiro atoms. The maximum absolute atomic E-state index is 10.7. The van der Waals surface area contributed by atoms with Crippen molar-refractivity contribution in [1.29, 1.82) is 0 Å². The molecule has 1 aliphatic rings. The molecule has 0 aromatic carbocycles. The molecular formula is C10H13NO3. The van der Waals surface area contributed by atoms with Crippen molar-refractivity contribution in [2.45, 2.75) is 18.9 Å². The SMILES string of the molecule is C=CC[C@H](C(=C)C(=O)O)[C@@H]1CC(=O)N1. The Kier molecular flexibility index (Phi) is 3.06. The van der Waals surface area contributed by atoms with Crippen LogP contribution in [0.4, 0.5) is 0 Å². The lowest BCUT2D eigenvalue weighted by molar-refractivity contribution is -0.135. The quantitative estimate of drug-likeness (QED) is 0.385. The van der Waals surface area contributed by atoms with Gasteiger partial charge in [0.1, 0.15) is 0 Å². The first-order chi connectivity index (χ1) is 6.56. The van der Waals surface area contributed by atoms with Gasteiger partial charge in [-0.15, -0.1) is 6.58 Å². The second-order valence-corrected chi connectivity index (χ2v) is 3.34. The smallest absolute Gasteiger partial charge is 0.331 e. The molecule has 0 aromatic rings. The molecule has 4 heteroatoms. The van der Waals surface area contributed by atoms with Gasteiger partial charge in [0.15, 0.2) is 0 Å². The van der Waals surface area contributed by atoms with Gasteiger partial charge >= 0.3 is 5.97 Å². The number of allylic oxidation sites excluding steroid dienone is 1. The summed E-state index contributed by atoms with van der Waals surface area (Å²) in [6.07, 6.45) is 2.55. The number of carboxylic acid groups (broad SMARTS) is 1. The summed E-state index contributed by atoms with van der Waals surface area (Å²) in [5.74, 6) is -1.29. The Labute approximate surface area is 82.3 Å². The Balaban J connectivity index is 2.64. The molecule has 0 aliphatic carbocycles. The van der Waals surface area contributed by atoms with Crippen molar-refractivity contribution < 1.29 is 14.7 Å². The van der Waals surface area contributed by atoms with Gasteiger partial charge in [0, 0.05) is 24.0 Å². The van der Waals surface area contributed by atoms with E-state index in [4.69, 9.17) is 5.11 Å². The lowest BCUT2D eigenvalue weighted by Gasteiger charge is -2.34. The number of carbonyl (C=O) groups excluding carboxylic acids is 1. The summed E-state index contributed by atoms with van der Waals surface area (Å²) in [6.45, 7) is 7.06. The fourth-order valence-electron chi connectivity index (χ4n) is 1.52. The Morgan fingerprint density at radius 3 is 2.71 bits per heavy atom. The predicted octanol–water partition coefficient (Wildman–Crippen LogP) is 0.708. The number of carboxylic acids is 1. The molecule has 14 heavy (non-hydrogen) atoms. The van der Waals surface area contributed by atoms with Crippen LogP contribution in [-0.4, -0.2) is 23.0 Å². The van der Waals surface area contributed by atoms with Crippen LogP contribution in [0.5, 0.6) is 0 Å². The molecule has 4 nitrogen and oxygen atoms in total. The average molecular weight is 195 g/mol. The van der Waals surface area contributed by atoms with E-state index in [0.29, 0.717) is 12.8 Å². The van der Waals surface area contributed by atoms with E-state index in [-0.39, 0.29) is 23.4 Å². The summed E-state index contributed by atoms with van der Waals surface area (Å²) in [5, 5.41) is 11.4. The molecule has 0 saturated carbocycles. The molecule has 2 atom stereocenters. The molecule has 1 aliphatic heterocycles. The Morgan fingerprint density at radius 1 is 1.79 bits per heavy atom. The van der Waals surface area contributed by atoms with E-state index in [1.165, 1.54) is 0 Å². The van der Waals surface area contributed by atoms with E-state index >= 15 is 0 Å². The maximum Gasteiger partial charge on any atom is 0.331 e. The molecular weight excluding hydrogens is 182 g/mol. The van der Waals surface area contributed by atoms with Crippen LogP contribution in [-0.2, 0) is 9.59 Å². The van der Waals surface area contributed by atoms with Crippen molar-refractivity contribution in [2.24, 2.45) is 5.92 Å². The van der Waals surface area contributed by atoms with Crippen LogP contribution in [0.3, 0.4) is 0 Å². The summed E-state index contributed by atoms with van der Waals surface area (Å²) < 4.78 is 0. The van der Waals surface area contributed by atoms with Gasteiger partial charge in [-0.05, 0) is 6.42 Å². The Morgan fingerprint density at radius 2 is 2.36 bits per heavy atom. The average Bonchev–Trinajstić information content (AvgIpc) is 2.08. The number of β-lactam (4-membered cyclic amide) rings is 1. The van der Waals surface area contributed by atoms with Gasteiger partial charge in [-0.25, -0.2) is 4.79 Å². The summed E-state index contributed by atoms with van der Waals surface area (Å²) >= 11 is 0. The minimum Gasteiger partial charge on any atom is -0.478 e. The zero-order chi connectivity index (χ0) is 10.7. The first kappa shape index (κ1) is 10.5. The molecule has 0 radical (unpaired) electrons. The van der Waals surface area contributed by atoms with E-state index in [1.54, 1.807) is 6.08 Å². The molecule has 1 rings (SSSR count). The van der Waals surface area contributed by atoms with Gasteiger partial charge < -0.3 is 10.4 Å². The minimum absolute atomic E-state index is 0.0396. The van der Waals surface area contributed by atoms with Gasteiger partial charge in [-0.2, -0.15) is 0 Å². The number of carbonyl (C=O) groups is 2. The number of aliphatic carboxylic acids is 1. The van der Waals surface area contributed by atoms with E-state index in [9.17, 15) is 9.59 Å². The number of hydrogen-bond acceptors (Lipinski definition) is 2. The van der Waals surface area contributed by atoms with Crippen molar-refractivity contribution >= 4 is 11.9 Å². The molecule has 1 saturated heterocycles. The van der Waals surface area contributed by atoms with Crippen LogP contribution >= 0.6 is 0 Å². The highest BCUT2D eigenvalue weighted by Gasteiger charge is 2.35. The molecule has 1 fully saturated rings. The van der Waals surface area contributed by atoms with Crippen molar-refractivity contribution in [1.82, 2.24) is 5.32 Å². The van der Waals surface area contributed by atoms with Crippen molar-refractivity contribution in [2.75, 3.05) is 0 Å². The molecule has 76 valence electrons. The second-order valence-electron chi connectivity index (χ2n) is 3.34. The molecule has 0 unspecified atom stereocenters. The van der Waals surface area contributed by atoms with Gasteiger partial charge in [0.05, 0.1) is 0 Å². The fourth-order valence-corrected chi connectivity index (χ4v) is 1.52. The second kappa shape index (κ2) is 4.09. The molecule has 0 aromatic heterocycles. The summed E-state index contributed by atoms with van der Waals surface area (Å²) in [5.41, 5.74) is 0.134. The highest BCUT2D eigenvalue weighted by molar-refractivity contribution is 5.88. The third-order valence-corrected chi connectivity index (χ3v) is 2.38. The van der Waals surface area contributed by atoms with Crippen LogP contribution in [0.1, 0.15) is 12.8 Å². The first-order valence-electron chi connectivity index (χ1n) is 4.38. The summed E-state index contributed by atoms with van der Waals surface area (Å²) in [7, 11) is 0. The van der Waals surface area contributed by atoms with Crippen LogP contribution in [0.2, 0.25) is 0 Å². The lowest BCUT2D eigenvalue weighted by atomic mass is 9.83. The molecule has 2 N–H and O–H groups in total. The number of nitrogens with one attached hydrogen (secondary N) is 1. The minimum atomic E-state index is -1.02. The zero-order valence-corrected chi connectivity index (χ0v) is 7.82. The highest BCUT2D eigenvalue weighted by atomic mass is 16.4. The van der Waals surface area contributed by atoms with E-state index in [0.717, 1.165) is 0 Å². The standard InChI is InChI=1S/C10H13NO3/c1-3-4-7(6(2)10(13)14)8-5-9(12)11-8/h3,7-8H,1-2,4-5H2,(H,11,12)(H,13,14)/t7-,8+/m1/s1. The predicted molar refractivity (Wildman–Crippen MR) is 51.6 cm³/mol. The van der Waals surface area contributed by atoms with Crippen LogP contribution in [0, 0.1) is 5.92 Å². The van der Waals surface area contributed by atoms with Crippen LogP contribution in [0.25, 0.3) is 0 Å². The summed E-state index contributed by atoms with van der Waals surface area (Å²) in [4.78, 5) is 21.4. The largest absolute Gasteiger partial charge is 0.478 e. The monoisotopic (exact) mass is 195 g/mol. The Hall–Kier alpha value is -1.58. The van der Waals surface area contributed by atoms with Crippen molar-refractivity contribution in [3.63, 3.8) is 0 Å². The van der Waals surface area contributed by atoms with Crippen LogP contribution in [0.15, 0.2) is 24.8 Å². The molecule has 1 heterocycles. The van der Waals surface area contributed by atoms with Gasteiger partial charge in [0.25, 0.3) is 0 Å². The van der Waals surface area contributed by atoms with Crippen molar-refractivity contribution in [3.8, 4) is 0 Å². The number of amides is 1. The third-order valence-electron chi connectivity index (χ3n) is 2.38. The highest BCUT2D eigenvalue weighted by Crippen LogP contribution is 2.25. The molecule has 0 bridgehead atoms. The van der Waals surface area contributed by atoms with E-state index in [1.807, 2.05) is 0 Å². The normalized spacial score (nSPS) is 21.7. The van der Waals surface area contributed by atoms with Gasteiger partial charge in [0.2, 0.25) is 5.91 Å². The number of rotatable bonds is 5. The zero-order valence-electron chi connectivity index (χ0n) is 7.82. The van der Waals surface area contributed by atoms with Gasteiger partial charge in [-0.1, -0.05) is 12.7 Å². The van der Waals surface area contributed by atoms with E-state index in [2.05, 4.69) is 18.5 Å². The lowest BCUT2D eigenvalue weighted by Crippen LogP contribution is -2.53. The topological polar surface area (TPSA) is 66.4 Å². The molecule has 1 amide bonds. The van der Waals surface area contributed by atoms with Gasteiger partial charge in [-0.3, -0.25) is 4.79 Å². The fraction of sp³-hybridized carbons (Fsp3) is 0.400. The van der Waals surface area contributed by atoms with Crippen LogP contribution < -0.4 is 5.32 Å². The van der Waals surface area contributed by atoms with E-state index < -0.39 is 5.97 Å².